The maximum Gasteiger partial charge on any atom is 0.254 e. The molecule has 1 atom stereocenters. The number of carbonyl (C=O) groups excluding carboxylic acids is 1. The monoisotopic (exact) mass is 384 g/mol. The first kappa shape index (κ1) is 17.9. The van der Waals surface area contributed by atoms with Crippen LogP contribution < -0.4 is 5.32 Å². The van der Waals surface area contributed by atoms with Crippen molar-refractivity contribution in [1.29, 1.82) is 0 Å². The van der Waals surface area contributed by atoms with Crippen LogP contribution in [0.5, 0.6) is 0 Å². The van der Waals surface area contributed by atoms with Crippen LogP contribution in [0.25, 0.3) is 16.7 Å². The van der Waals surface area contributed by atoms with Crippen LogP contribution in [-0.4, -0.2) is 39.9 Å². The lowest BCUT2D eigenvalue weighted by Gasteiger charge is -2.11. The van der Waals surface area contributed by atoms with E-state index in [2.05, 4.69) is 15.4 Å². The standard InChI is InChI=1S/C20H21ClN4O2/c1-12-5-7-14(8-6-12)25-19-17(13(2)24-25)18(21)16(11-22-19)20(26)23-10-15-4-3-9-27-15/h5-8,11,15H,3-4,9-10H2,1-2H3,(H,23,26)/t15-/m1/s1. The Morgan fingerprint density at radius 2 is 2.11 bits per heavy atom. The van der Waals surface area contributed by atoms with E-state index in [9.17, 15) is 4.79 Å². The van der Waals surface area contributed by atoms with Crippen LogP contribution in [0.2, 0.25) is 5.02 Å². The highest BCUT2D eigenvalue weighted by atomic mass is 35.5. The third-order valence-corrected chi connectivity index (χ3v) is 5.24. The highest BCUT2D eigenvalue weighted by Gasteiger charge is 2.21. The Balaban J connectivity index is 1.66. The van der Waals surface area contributed by atoms with E-state index in [4.69, 9.17) is 16.3 Å². The number of halogens is 1. The van der Waals surface area contributed by atoms with E-state index < -0.39 is 0 Å². The van der Waals surface area contributed by atoms with Gasteiger partial charge in [-0.05, 0) is 38.8 Å². The van der Waals surface area contributed by atoms with Crippen molar-refractivity contribution in [2.24, 2.45) is 0 Å². The molecule has 0 saturated carbocycles. The molecule has 1 N–H and O–H groups in total. The summed E-state index contributed by atoms with van der Waals surface area (Å²) in [6.45, 7) is 5.14. The zero-order valence-electron chi connectivity index (χ0n) is 15.3. The third kappa shape index (κ3) is 3.42. The van der Waals surface area contributed by atoms with Gasteiger partial charge in [0.05, 0.1) is 33.5 Å². The van der Waals surface area contributed by atoms with Crippen LogP contribution in [0.4, 0.5) is 0 Å². The minimum absolute atomic E-state index is 0.0791. The smallest absolute Gasteiger partial charge is 0.254 e. The highest BCUT2D eigenvalue weighted by Crippen LogP contribution is 2.30. The van der Waals surface area contributed by atoms with Gasteiger partial charge in [0.15, 0.2) is 5.65 Å². The van der Waals surface area contributed by atoms with E-state index in [1.807, 2.05) is 38.1 Å². The van der Waals surface area contributed by atoms with Crippen LogP contribution >= 0.6 is 11.6 Å². The van der Waals surface area contributed by atoms with Gasteiger partial charge in [0, 0.05) is 19.3 Å². The van der Waals surface area contributed by atoms with E-state index in [1.165, 1.54) is 11.8 Å². The molecule has 0 spiro atoms. The summed E-state index contributed by atoms with van der Waals surface area (Å²) in [5.74, 6) is -0.243. The van der Waals surface area contributed by atoms with Gasteiger partial charge in [-0.3, -0.25) is 4.79 Å². The molecule has 1 aromatic carbocycles. The molecular formula is C20H21ClN4O2. The number of hydrogen-bond donors (Lipinski definition) is 1. The molecule has 1 saturated heterocycles. The summed E-state index contributed by atoms with van der Waals surface area (Å²) in [5, 5.41) is 8.54. The first-order chi connectivity index (χ1) is 13.0. The molecule has 0 aliphatic carbocycles. The van der Waals surface area contributed by atoms with Gasteiger partial charge in [0.1, 0.15) is 0 Å². The van der Waals surface area contributed by atoms with E-state index in [0.717, 1.165) is 30.8 Å². The van der Waals surface area contributed by atoms with Crippen molar-refractivity contribution in [3.8, 4) is 5.69 Å². The maximum absolute atomic E-state index is 12.6. The van der Waals surface area contributed by atoms with Gasteiger partial charge < -0.3 is 10.1 Å². The van der Waals surface area contributed by atoms with Gasteiger partial charge in [-0.2, -0.15) is 5.10 Å². The Morgan fingerprint density at radius 1 is 1.33 bits per heavy atom. The molecule has 140 valence electrons. The number of fused-ring (bicyclic) bond motifs is 1. The average Bonchev–Trinajstić information content (AvgIpc) is 3.29. The number of rotatable bonds is 4. The molecule has 6 nitrogen and oxygen atoms in total. The van der Waals surface area contributed by atoms with Gasteiger partial charge in [0.2, 0.25) is 0 Å². The summed E-state index contributed by atoms with van der Waals surface area (Å²) in [6.07, 6.45) is 3.59. The molecule has 1 aliphatic rings. The number of pyridine rings is 1. The van der Waals surface area contributed by atoms with E-state index >= 15 is 0 Å². The zero-order valence-corrected chi connectivity index (χ0v) is 16.1. The Bertz CT molecular complexity index is 991. The van der Waals surface area contributed by atoms with Gasteiger partial charge in [0.25, 0.3) is 5.91 Å². The van der Waals surface area contributed by atoms with E-state index in [0.29, 0.717) is 28.2 Å². The van der Waals surface area contributed by atoms with E-state index in [-0.39, 0.29) is 12.0 Å². The zero-order chi connectivity index (χ0) is 19.0. The predicted octanol–water partition coefficient (Wildman–Crippen LogP) is 3.60. The number of ether oxygens (including phenoxy) is 1. The summed E-state index contributed by atoms with van der Waals surface area (Å²) in [7, 11) is 0. The first-order valence-electron chi connectivity index (χ1n) is 9.05. The number of carbonyl (C=O) groups is 1. The lowest BCUT2D eigenvalue weighted by Crippen LogP contribution is -2.32. The van der Waals surface area contributed by atoms with Crippen LogP contribution in [0.15, 0.2) is 30.5 Å². The minimum atomic E-state index is -0.243. The van der Waals surface area contributed by atoms with Crippen molar-refractivity contribution in [2.75, 3.05) is 13.2 Å². The van der Waals surface area contributed by atoms with Crippen molar-refractivity contribution in [2.45, 2.75) is 32.8 Å². The fourth-order valence-corrected chi connectivity index (χ4v) is 3.70. The molecular weight excluding hydrogens is 364 g/mol. The van der Waals surface area contributed by atoms with Gasteiger partial charge in [-0.1, -0.05) is 29.3 Å². The first-order valence-corrected chi connectivity index (χ1v) is 9.43. The second-order valence-electron chi connectivity index (χ2n) is 6.86. The minimum Gasteiger partial charge on any atom is -0.376 e. The molecule has 1 amide bonds. The fourth-order valence-electron chi connectivity index (χ4n) is 3.34. The van der Waals surface area contributed by atoms with E-state index in [1.54, 1.807) is 4.68 Å². The van der Waals surface area contributed by atoms with Crippen molar-refractivity contribution in [3.05, 3.63) is 52.3 Å². The molecule has 1 fully saturated rings. The van der Waals surface area contributed by atoms with Crippen LogP contribution in [0, 0.1) is 13.8 Å². The molecule has 3 aromatic rings. The quantitative estimate of drug-likeness (QED) is 0.746. The second kappa shape index (κ2) is 7.29. The molecule has 4 rings (SSSR count). The van der Waals surface area contributed by atoms with Crippen LogP contribution in [-0.2, 0) is 4.74 Å². The van der Waals surface area contributed by atoms with Gasteiger partial charge in [-0.15, -0.1) is 0 Å². The molecule has 3 heterocycles. The normalized spacial score (nSPS) is 16.8. The maximum atomic E-state index is 12.6. The number of benzene rings is 1. The largest absolute Gasteiger partial charge is 0.376 e. The number of aryl methyl sites for hydroxylation is 2. The molecule has 1 aliphatic heterocycles. The number of nitrogens with zero attached hydrogens (tertiary/aromatic N) is 3. The van der Waals surface area contributed by atoms with Crippen molar-refractivity contribution in [3.63, 3.8) is 0 Å². The molecule has 7 heteroatoms. The van der Waals surface area contributed by atoms with Crippen molar-refractivity contribution >= 4 is 28.5 Å². The molecule has 0 radical (unpaired) electrons. The van der Waals surface area contributed by atoms with Crippen LogP contribution in [0.3, 0.4) is 0 Å². The second-order valence-corrected chi connectivity index (χ2v) is 7.24. The summed E-state index contributed by atoms with van der Waals surface area (Å²) in [5.41, 5.74) is 3.79. The molecule has 2 aromatic heterocycles. The average molecular weight is 385 g/mol. The summed E-state index contributed by atoms with van der Waals surface area (Å²) < 4.78 is 7.30. The lowest BCUT2D eigenvalue weighted by atomic mass is 10.2. The Kier molecular flexibility index (Phi) is 4.85. The van der Waals surface area contributed by atoms with Crippen molar-refractivity contribution in [1.82, 2.24) is 20.1 Å². The van der Waals surface area contributed by atoms with Gasteiger partial charge in [-0.25, -0.2) is 9.67 Å². The highest BCUT2D eigenvalue weighted by molar-refractivity contribution is 6.38. The van der Waals surface area contributed by atoms with Crippen LogP contribution in [0.1, 0.15) is 34.5 Å². The Morgan fingerprint density at radius 3 is 2.81 bits per heavy atom. The summed E-state index contributed by atoms with van der Waals surface area (Å²) in [4.78, 5) is 17.1. The fraction of sp³-hybridized carbons (Fsp3) is 0.350. The summed E-state index contributed by atoms with van der Waals surface area (Å²) in [6, 6.07) is 8.01. The lowest BCUT2D eigenvalue weighted by molar-refractivity contribution is 0.0857. The molecule has 27 heavy (non-hydrogen) atoms. The summed E-state index contributed by atoms with van der Waals surface area (Å²) >= 11 is 6.58. The van der Waals surface area contributed by atoms with Crippen molar-refractivity contribution < 1.29 is 9.53 Å². The molecule has 0 bridgehead atoms. The molecule has 0 unspecified atom stereocenters. The number of amides is 1. The Labute approximate surface area is 162 Å². The third-order valence-electron chi connectivity index (χ3n) is 4.85. The number of hydrogen-bond acceptors (Lipinski definition) is 4. The predicted molar refractivity (Wildman–Crippen MR) is 105 cm³/mol. The number of aromatic nitrogens is 3. The SMILES string of the molecule is Cc1ccc(-n2nc(C)c3c(Cl)c(C(=O)NC[C@H]4CCCO4)cnc32)cc1. The number of nitrogens with one attached hydrogen (secondary N) is 1. The van der Waals surface area contributed by atoms with Gasteiger partial charge >= 0.3 is 0 Å². The Hall–Kier alpha value is -2.44. The topological polar surface area (TPSA) is 69.0 Å².